The molecule has 0 saturated heterocycles. The van der Waals surface area contributed by atoms with Crippen LogP contribution in [0.3, 0.4) is 0 Å². The third-order valence-corrected chi connectivity index (χ3v) is 5.80. The van der Waals surface area contributed by atoms with Gasteiger partial charge in [-0.25, -0.2) is 0 Å². The van der Waals surface area contributed by atoms with Crippen molar-refractivity contribution in [3.05, 3.63) is 87.8 Å². The van der Waals surface area contributed by atoms with Crippen molar-refractivity contribution in [3.8, 4) is 11.5 Å². The van der Waals surface area contributed by atoms with E-state index in [0.717, 1.165) is 21.7 Å². The molecule has 1 N–H and O–H groups in total. The molecule has 0 unspecified atom stereocenters. The average molecular weight is 438 g/mol. The van der Waals surface area contributed by atoms with E-state index in [1.54, 1.807) is 0 Å². The molecule has 0 fully saturated rings. The highest BCUT2D eigenvalue weighted by atomic mass is 35.5. The maximum atomic E-state index is 12.5. The number of benzene rings is 3. The lowest BCUT2D eigenvalue weighted by Gasteiger charge is -2.18. The number of halogens is 1. The van der Waals surface area contributed by atoms with E-state index < -0.39 is 0 Å². The van der Waals surface area contributed by atoms with Crippen molar-refractivity contribution >= 4 is 41.0 Å². The maximum absolute atomic E-state index is 12.5. The van der Waals surface area contributed by atoms with E-state index in [9.17, 15) is 4.79 Å². The van der Waals surface area contributed by atoms with Crippen molar-refractivity contribution in [1.29, 1.82) is 0 Å². The second kappa shape index (κ2) is 9.28. The molecule has 0 bridgehead atoms. The zero-order valence-corrected chi connectivity index (χ0v) is 17.9. The molecule has 1 aliphatic rings. The Labute approximate surface area is 184 Å². The summed E-state index contributed by atoms with van der Waals surface area (Å²) < 4.78 is 11.7. The van der Waals surface area contributed by atoms with Gasteiger partial charge >= 0.3 is 0 Å². The summed E-state index contributed by atoms with van der Waals surface area (Å²) in [5.74, 6) is 1.18. The zero-order chi connectivity index (χ0) is 20.9. The van der Waals surface area contributed by atoms with Gasteiger partial charge in [0.2, 0.25) is 0 Å². The van der Waals surface area contributed by atoms with E-state index in [4.69, 9.17) is 21.1 Å². The van der Waals surface area contributed by atoms with Crippen molar-refractivity contribution in [3.63, 3.8) is 0 Å². The first-order valence-corrected chi connectivity index (χ1v) is 10.8. The highest BCUT2D eigenvalue weighted by Crippen LogP contribution is 2.39. The molecule has 0 aromatic heterocycles. The molecule has 4 nitrogen and oxygen atoms in total. The van der Waals surface area contributed by atoms with Crippen LogP contribution in [-0.2, 0) is 11.4 Å². The second-order valence-electron chi connectivity index (χ2n) is 6.62. The third-order valence-electron chi connectivity index (χ3n) is 4.45. The summed E-state index contributed by atoms with van der Waals surface area (Å²) in [4.78, 5) is 14.1. The minimum absolute atomic E-state index is 0.111. The number of thioether (sulfide) groups is 1. The van der Waals surface area contributed by atoms with Crippen molar-refractivity contribution in [2.45, 2.75) is 18.4 Å². The number of carbonyl (C=O) groups is 1. The fraction of sp³-hybridized carbons (Fsp3) is 0.125. The Balaban J connectivity index is 1.54. The molecule has 0 aliphatic carbocycles. The van der Waals surface area contributed by atoms with Gasteiger partial charge in [-0.3, -0.25) is 4.79 Å². The van der Waals surface area contributed by atoms with Crippen LogP contribution in [0, 0.1) is 0 Å². The first kappa shape index (κ1) is 20.4. The number of anilines is 1. The summed E-state index contributed by atoms with van der Waals surface area (Å²) in [7, 11) is 0. The number of nitrogens with one attached hydrogen (secondary N) is 1. The van der Waals surface area contributed by atoms with Crippen LogP contribution in [0.4, 0.5) is 5.69 Å². The van der Waals surface area contributed by atoms with Gasteiger partial charge in [0.1, 0.15) is 6.61 Å². The summed E-state index contributed by atoms with van der Waals surface area (Å²) in [6, 6.07) is 21.0. The zero-order valence-electron chi connectivity index (χ0n) is 16.4. The number of amides is 1. The van der Waals surface area contributed by atoms with Gasteiger partial charge in [-0.1, -0.05) is 53.7 Å². The molecule has 3 aromatic carbocycles. The number of carbonyl (C=O) groups excluding carboxylic acids is 1. The van der Waals surface area contributed by atoms with Crippen LogP contribution in [0.5, 0.6) is 11.5 Å². The smallest absolute Gasteiger partial charge is 0.262 e. The van der Waals surface area contributed by atoms with Crippen LogP contribution in [0.2, 0.25) is 5.02 Å². The number of ether oxygens (including phenoxy) is 2. The molecule has 3 aromatic rings. The molecule has 0 saturated carbocycles. The molecule has 0 spiro atoms. The summed E-state index contributed by atoms with van der Waals surface area (Å²) in [5.41, 5.74) is 2.72. The van der Waals surface area contributed by atoms with Gasteiger partial charge in [0.25, 0.3) is 5.91 Å². The van der Waals surface area contributed by atoms with Crippen molar-refractivity contribution in [1.82, 2.24) is 0 Å². The molecular formula is C24H20ClNO3S. The number of fused-ring (bicyclic) bond motifs is 1. The van der Waals surface area contributed by atoms with Gasteiger partial charge in [-0.2, -0.15) is 0 Å². The minimum Gasteiger partial charge on any atom is -0.490 e. The molecule has 0 radical (unpaired) electrons. The van der Waals surface area contributed by atoms with Gasteiger partial charge in [-0.15, -0.1) is 0 Å². The average Bonchev–Trinajstić information content (AvgIpc) is 2.75. The van der Waals surface area contributed by atoms with Crippen LogP contribution < -0.4 is 14.8 Å². The molecule has 4 rings (SSSR count). The SMILES string of the molecule is CCOc1cc(/C=C2\Sc3ccccc3NC2=O)ccc1OCc1ccc(Cl)cc1. The van der Waals surface area contributed by atoms with E-state index in [1.165, 1.54) is 11.8 Å². The first-order valence-electron chi connectivity index (χ1n) is 9.56. The van der Waals surface area contributed by atoms with Crippen LogP contribution in [-0.4, -0.2) is 12.5 Å². The normalized spacial score (nSPS) is 14.2. The highest BCUT2D eigenvalue weighted by molar-refractivity contribution is 8.04. The Morgan fingerprint density at radius 3 is 2.60 bits per heavy atom. The largest absolute Gasteiger partial charge is 0.490 e. The van der Waals surface area contributed by atoms with Gasteiger partial charge in [-0.05, 0) is 60.5 Å². The third kappa shape index (κ3) is 4.81. The van der Waals surface area contributed by atoms with Crippen molar-refractivity contribution in [2.24, 2.45) is 0 Å². The molecule has 152 valence electrons. The molecule has 1 heterocycles. The summed E-state index contributed by atoms with van der Waals surface area (Å²) >= 11 is 7.39. The molecule has 30 heavy (non-hydrogen) atoms. The summed E-state index contributed by atoms with van der Waals surface area (Å²) in [6.07, 6.45) is 1.86. The maximum Gasteiger partial charge on any atom is 0.262 e. The fourth-order valence-electron chi connectivity index (χ4n) is 3.00. The van der Waals surface area contributed by atoms with Crippen LogP contribution in [0.15, 0.2) is 76.5 Å². The molecule has 6 heteroatoms. The Kier molecular flexibility index (Phi) is 6.31. The van der Waals surface area contributed by atoms with Gasteiger partial charge in [0, 0.05) is 9.92 Å². The topological polar surface area (TPSA) is 47.6 Å². The van der Waals surface area contributed by atoms with Gasteiger partial charge < -0.3 is 14.8 Å². The number of hydrogen-bond acceptors (Lipinski definition) is 4. The van der Waals surface area contributed by atoms with Crippen LogP contribution in [0.25, 0.3) is 6.08 Å². The van der Waals surface area contributed by atoms with E-state index >= 15 is 0 Å². The van der Waals surface area contributed by atoms with E-state index in [1.807, 2.05) is 79.7 Å². The van der Waals surface area contributed by atoms with Crippen LogP contribution >= 0.6 is 23.4 Å². The Hall–Kier alpha value is -2.89. The summed E-state index contributed by atoms with van der Waals surface area (Å²) in [5, 5.41) is 3.62. The number of rotatable bonds is 6. The van der Waals surface area contributed by atoms with Crippen molar-refractivity contribution in [2.75, 3.05) is 11.9 Å². The number of hydrogen-bond donors (Lipinski definition) is 1. The van der Waals surface area contributed by atoms with E-state index in [-0.39, 0.29) is 5.91 Å². The van der Waals surface area contributed by atoms with E-state index in [0.29, 0.717) is 34.6 Å². The molecule has 1 amide bonds. The molecule has 0 atom stereocenters. The minimum atomic E-state index is -0.111. The lowest BCUT2D eigenvalue weighted by atomic mass is 10.1. The van der Waals surface area contributed by atoms with Crippen LogP contribution in [0.1, 0.15) is 18.1 Å². The lowest BCUT2D eigenvalue weighted by molar-refractivity contribution is -0.112. The first-order chi connectivity index (χ1) is 14.6. The van der Waals surface area contributed by atoms with E-state index in [2.05, 4.69) is 5.32 Å². The highest BCUT2D eigenvalue weighted by Gasteiger charge is 2.20. The Morgan fingerprint density at radius 2 is 1.80 bits per heavy atom. The number of para-hydroxylation sites is 1. The standard InChI is InChI=1S/C24H20ClNO3S/c1-2-28-21-13-17(9-12-20(21)29-15-16-7-10-18(25)11-8-16)14-23-24(27)26-19-5-3-4-6-22(19)30-23/h3-14H,2,15H2,1H3,(H,26,27)/b23-14-. The van der Waals surface area contributed by atoms with Gasteiger partial charge in [0.15, 0.2) is 11.5 Å². The quantitative estimate of drug-likeness (QED) is 0.453. The monoisotopic (exact) mass is 437 g/mol. The fourth-order valence-corrected chi connectivity index (χ4v) is 4.08. The lowest BCUT2D eigenvalue weighted by Crippen LogP contribution is -2.17. The second-order valence-corrected chi connectivity index (χ2v) is 8.14. The predicted molar refractivity (Wildman–Crippen MR) is 122 cm³/mol. The Bertz CT molecular complexity index is 1100. The molecular weight excluding hydrogens is 418 g/mol. The van der Waals surface area contributed by atoms with Crippen molar-refractivity contribution < 1.29 is 14.3 Å². The molecule has 1 aliphatic heterocycles. The summed E-state index contributed by atoms with van der Waals surface area (Å²) in [6.45, 7) is 2.85. The van der Waals surface area contributed by atoms with Gasteiger partial charge in [0.05, 0.1) is 17.2 Å². The Morgan fingerprint density at radius 1 is 1.00 bits per heavy atom. The predicted octanol–water partition coefficient (Wildman–Crippen LogP) is 6.40.